The quantitative estimate of drug-likeness (QED) is 0.407. The summed E-state index contributed by atoms with van der Waals surface area (Å²) in [5.41, 5.74) is 2.98. The second-order valence-corrected chi connectivity index (χ2v) is 7.52. The predicted octanol–water partition coefficient (Wildman–Crippen LogP) is 3.16. The van der Waals surface area contributed by atoms with Gasteiger partial charge in [-0.25, -0.2) is 0 Å². The number of ether oxygens (including phenoxy) is 1. The molecule has 3 rings (SSSR count). The van der Waals surface area contributed by atoms with Gasteiger partial charge in [0, 0.05) is 28.4 Å². The van der Waals surface area contributed by atoms with Crippen LogP contribution in [0.4, 0.5) is 5.69 Å². The van der Waals surface area contributed by atoms with Crippen LogP contribution < -0.4 is 4.90 Å². The van der Waals surface area contributed by atoms with E-state index in [0.29, 0.717) is 17.8 Å². The summed E-state index contributed by atoms with van der Waals surface area (Å²) in [5, 5.41) is 0. The fourth-order valence-corrected chi connectivity index (χ4v) is 4.16. The smallest absolute Gasteiger partial charge is 0.326 e. The fraction of sp³-hybridized carbons (Fsp3) is 0.286. The second kappa shape index (κ2) is 8.48. The Hall–Kier alpha value is -2.80. The minimum absolute atomic E-state index is 0.153. The summed E-state index contributed by atoms with van der Waals surface area (Å²) >= 11 is 1.45. The average molecular weight is 398 g/mol. The number of hydrogen-bond acceptors (Lipinski definition) is 5. The van der Waals surface area contributed by atoms with Crippen LogP contribution >= 0.6 is 11.8 Å². The van der Waals surface area contributed by atoms with E-state index in [9.17, 15) is 14.4 Å². The molecule has 146 valence electrons. The normalized spacial score (nSPS) is 13.2. The Balaban J connectivity index is 1.64. The highest BCUT2D eigenvalue weighted by molar-refractivity contribution is 8.00. The van der Waals surface area contributed by atoms with E-state index in [2.05, 4.69) is 6.58 Å². The van der Waals surface area contributed by atoms with E-state index in [1.807, 2.05) is 36.6 Å². The molecule has 1 aromatic heterocycles. The molecule has 0 saturated carbocycles. The molecule has 0 spiro atoms. The maximum atomic E-state index is 12.5. The summed E-state index contributed by atoms with van der Waals surface area (Å²) in [6.07, 6.45) is 1.76. The molecule has 1 amide bonds. The van der Waals surface area contributed by atoms with Crippen molar-refractivity contribution in [3.05, 3.63) is 59.9 Å². The van der Waals surface area contributed by atoms with Crippen LogP contribution in [-0.2, 0) is 20.9 Å². The van der Waals surface area contributed by atoms with Gasteiger partial charge in [-0.05, 0) is 32.0 Å². The number of esters is 1. The number of carbonyl (C=O) groups excluding carboxylic acids is 3. The Bertz CT molecular complexity index is 948. The van der Waals surface area contributed by atoms with E-state index in [4.69, 9.17) is 4.74 Å². The summed E-state index contributed by atoms with van der Waals surface area (Å²) in [6.45, 7) is 7.54. The lowest BCUT2D eigenvalue weighted by Gasteiger charge is -2.27. The van der Waals surface area contributed by atoms with Crippen molar-refractivity contribution in [1.82, 2.24) is 4.57 Å². The van der Waals surface area contributed by atoms with Crippen molar-refractivity contribution >= 4 is 35.1 Å². The first-order chi connectivity index (χ1) is 13.4. The van der Waals surface area contributed by atoms with Gasteiger partial charge in [0.05, 0.1) is 11.4 Å². The van der Waals surface area contributed by atoms with Crippen LogP contribution in [0.5, 0.6) is 0 Å². The van der Waals surface area contributed by atoms with Crippen LogP contribution in [0.25, 0.3) is 0 Å². The van der Waals surface area contributed by atoms with Gasteiger partial charge in [-0.3, -0.25) is 19.3 Å². The predicted molar refractivity (Wildman–Crippen MR) is 109 cm³/mol. The van der Waals surface area contributed by atoms with Crippen LogP contribution in [0.1, 0.15) is 21.7 Å². The number of nitrogens with zero attached hydrogens (tertiary/aromatic N) is 2. The number of allylic oxidation sites excluding steroid dienone is 1. The number of fused-ring (bicyclic) bond motifs is 1. The van der Waals surface area contributed by atoms with E-state index in [0.717, 1.165) is 16.3 Å². The summed E-state index contributed by atoms with van der Waals surface area (Å²) in [5.74, 6) is -0.751. The topological polar surface area (TPSA) is 68.6 Å². The van der Waals surface area contributed by atoms with Gasteiger partial charge >= 0.3 is 5.97 Å². The summed E-state index contributed by atoms with van der Waals surface area (Å²) in [4.78, 5) is 39.3. The molecule has 1 aromatic carbocycles. The lowest BCUT2D eigenvalue weighted by Crippen LogP contribution is -2.40. The first-order valence-corrected chi connectivity index (χ1v) is 9.89. The molecule has 28 heavy (non-hydrogen) atoms. The first-order valence-electron chi connectivity index (χ1n) is 8.91. The van der Waals surface area contributed by atoms with E-state index in [1.54, 1.807) is 18.2 Å². The monoisotopic (exact) mass is 398 g/mol. The number of carbonyl (C=O) groups is 3. The average Bonchev–Trinajstić information content (AvgIpc) is 2.97. The zero-order chi connectivity index (χ0) is 20.3. The van der Waals surface area contributed by atoms with Crippen molar-refractivity contribution in [2.24, 2.45) is 0 Å². The van der Waals surface area contributed by atoms with Crippen LogP contribution in [0.15, 0.2) is 47.9 Å². The molecule has 0 radical (unpaired) electrons. The van der Waals surface area contributed by atoms with Crippen molar-refractivity contribution < 1.29 is 19.1 Å². The second-order valence-electron chi connectivity index (χ2n) is 6.50. The summed E-state index contributed by atoms with van der Waals surface area (Å²) in [7, 11) is 0. The number of para-hydroxylation sites is 1. The first kappa shape index (κ1) is 19.9. The lowest BCUT2D eigenvalue weighted by molar-refractivity contribution is -0.141. The molecule has 6 nitrogen and oxygen atoms in total. The zero-order valence-corrected chi connectivity index (χ0v) is 16.8. The van der Waals surface area contributed by atoms with Crippen molar-refractivity contribution in [2.75, 3.05) is 23.8 Å². The SMILES string of the molecule is C=CCn1c(C)cc(C(=O)COC(=O)CN2C(=O)CSc3ccccc32)c1C. The van der Waals surface area contributed by atoms with Crippen LogP contribution in [-0.4, -0.2) is 41.1 Å². The molecular formula is C21H22N2O4S. The van der Waals surface area contributed by atoms with E-state index >= 15 is 0 Å². The molecule has 1 aliphatic rings. The van der Waals surface area contributed by atoms with Crippen molar-refractivity contribution in [1.29, 1.82) is 0 Å². The third-order valence-electron chi connectivity index (χ3n) is 4.65. The molecule has 1 aliphatic heterocycles. The Morgan fingerprint density at radius 1 is 1.29 bits per heavy atom. The third kappa shape index (κ3) is 4.04. The number of thioether (sulfide) groups is 1. The number of hydrogen-bond donors (Lipinski definition) is 0. The zero-order valence-electron chi connectivity index (χ0n) is 15.9. The van der Waals surface area contributed by atoms with Gasteiger partial charge in [0.1, 0.15) is 6.54 Å². The largest absolute Gasteiger partial charge is 0.456 e. The minimum Gasteiger partial charge on any atom is -0.456 e. The molecule has 0 bridgehead atoms. The highest BCUT2D eigenvalue weighted by Gasteiger charge is 2.27. The molecule has 2 aromatic rings. The number of ketones is 1. The highest BCUT2D eigenvalue weighted by Crippen LogP contribution is 2.34. The van der Waals surface area contributed by atoms with Crippen LogP contribution in [0, 0.1) is 13.8 Å². The van der Waals surface area contributed by atoms with Gasteiger partial charge < -0.3 is 9.30 Å². The number of aryl methyl sites for hydroxylation is 1. The fourth-order valence-electron chi connectivity index (χ4n) is 3.22. The van der Waals surface area contributed by atoms with Gasteiger partial charge in [0.15, 0.2) is 6.61 Å². The molecule has 0 fully saturated rings. The van der Waals surface area contributed by atoms with Crippen LogP contribution in [0.2, 0.25) is 0 Å². The van der Waals surface area contributed by atoms with E-state index in [1.165, 1.54) is 16.7 Å². The standard InChI is InChI=1S/C21H22N2O4S/c1-4-9-22-14(2)10-16(15(22)3)18(24)12-27-21(26)11-23-17-7-5-6-8-19(17)28-13-20(23)25/h4-8,10H,1,9,11-13H2,2-3H3. The number of benzene rings is 1. The Kier molecular flexibility index (Phi) is 6.04. The maximum Gasteiger partial charge on any atom is 0.326 e. The Labute approximate surface area is 168 Å². The Morgan fingerprint density at radius 2 is 2.04 bits per heavy atom. The highest BCUT2D eigenvalue weighted by atomic mass is 32.2. The molecule has 2 heterocycles. The summed E-state index contributed by atoms with van der Waals surface area (Å²) < 4.78 is 7.15. The van der Waals surface area contributed by atoms with Gasteiger partial charge in [-0.15, -0.1) is 18.3 Å². The summed E-state index contributed by atoms with van der Waals surface area (Å²) in [6, 6.07) is 9.20. The number of Topliss-reactive ketones (excluding diaryl/α,β-unsaturated/α-hetero) is 1. The number of anilines is 1. The maximum absolute atomic E-state index is 12.5. The van der Waals surface area contributed by atoms with Crippen LogP contribution in [0.3, 0.4) is 0 Å². The molecule has 0 N–H and O–H groups in total. The molecular weight excluding hydrogens is 376 g/mol. The molecule has 0 atom stereocenters. The Morgan fingerprint density at radius 3 is 2.79 bits per heavy atom. The van der Waals surface area contributed by atoms with Gasteiger partial charge in [0.2, 0.25) is 11.7 Å². The third-order valence-corrected chi connectivity index (χ3v) is 5.69. The van der Waals surface area contributed by atoms with Crippen molar-refractivity contribution in [3.63, 3.8) is 0 Å². The number of aromatic nitrogens is 1. The van der Waals surface area contributed by atoms with Gasteiger partial charge in [0.25, 0.3) is 0 Å². The van der Waals surface area contributed by atoms with Gasteiger partial charge in [-0.1, -0.05) is 18.2 Å². The number of rotatable bonds is 7. The molecule has 0 unspecified atom stereocenters. The van der Waals surface area contributed by atoms with E-state index < -0.39 is 5.97 Å². The van der Waals surface area contributed by atoms with Crippen molar-refractivity contribution in [2.45, 2.75) is 25.3 Å². The molecule has 0 aliphatic carbocycles. The molecule has 7 heteroatoms. The van der Waals surface area contributed by atoms with Gasteiger partial charge in [-0.2, -0.15) is 0 Å². The van der Waals surface area contributed by atoms with Crippen molar-refractivity contribution in [3.8, 4) is 0 Å². The molecule has 0 saturated heterocycles. The van der Waals surface area contributed by atoms with E-state index in [-0.39, 0.29) is 30.6 Å². The minimum atomic E-state index is -0.608. The lowest BCUT2D eigenvalue weighted by atomic mass is 10.1. The number of amides is 1.